The van der Waals surface area contributed by atoms with E-state index in [1.54, 1.807) is 0 Å². The van der Waals surface area contributed by atoms with E-state index in [0.717, 1.165) is 65.3 Å². The highest BCUT2D eigenvalue weighted by molar-refractivity contribution is 5.74. The second kappa shape index (κ2) is 11.3. The molecule has 31 heavy (non-hydrogen) atoms. The van der Waals surface area contributed by atoms with Gasteiger partial charge in [-0.3, -0.25) is 9.80 Å². The zero-order chi connectivity index (χ0) is 21.3. The number of piperidine rings is 1. The van der Waals surface area contributed by atoms with Crippen molar-refractivity contribution >= 4 is 6.03 Å². The summed E-state index contributed by atoms with van der Waals surface area (Å²) in [4.78, 5) is 19.6. The van der Waals surface area contributed by atoms with Crippen LogP contribution in [0.25, 0.3) is 0 Å². The zero-order valence-electron chi connectivity index (χ0n) is 18.6. The van der Waals surface area contributed by atoms with Crippen LogP contribution in [0.15, 0.2) is 60.7 Å². The third kappa shape index (κ3) is 6.81. The van der Waals surface area contributed by atoms with E-state index in [0.29, 0.717) is 5.92 Å². The largest absolute Gasteiger partial charge is 0.338 e. The summed E-state index contributed by atoms with van der Waals surface area (Å²) in [6, 6.07) is 21.5. The molecule has 4 rings (SSSR count). The van der Waals surface area contributed by atoms with E-state index in [1.807, 2.05) is 4.90 Å². The predicted molar refractivity (Wildman–Crippen MR) is 126 cm³/mol. The van der Waals surface area contributed by atoms with Gasteiger partial charge in [0.15, 0.2) is 0 Å². The van der Waals surface area contributed by atoms with Crippen LogP contribution in [0.3, 0.4) is 0 Å². The van der Waals surface area contributed by atoms with E-state index in [2.05, 4.69) is 75.8 Å². The Bertz CT molecular complexity index is 782. The molecule has 5 nitrogen and oxygen atoms in total. The van der Waals surface area contributed by atoms with Crippen LogP contribution in [0.1, 0.15) is 24.0 Å². The molecule has 0 atom stereocenters. The molecule has 0 aromatic heterocycles. The topological polar surface area (TPSA) is 38.8 Å². The number of rotatable bonds is 7. The van der Waals surface area contributed by atoms with Crippen molar-refractivity contribution in [1.29, 1.82) is 0 Å². The van der Waals surface area contributed by atoms with Gasteiger partial charge in [-0.1, -0.05) is 60.7 Å². The van der Waals surface area contributed by atoms with Gasteiger partial charge in [-0.15, -0.1) is 0 Å². The molecule has 5 heteroatoms. The third-order valence-electron chi connectivity index (χ3n) is 6.72. The number of urea groups is 1. The SMILES string of the molecule is O=C(NCC1CCN(Cc2ccccc2)CC1)N1CCN(CCc2ccccc2)CC1. The Morgan fingerprint density at radius 1 is 0.774 bits per heavy atom. The standard InChI is InChI=1S/C26H36N4O/c31-26(30-19-17-28(18-20-30)14-11-23-7-3-1-4-8-23)27-21-24-12-15-29(16-13-24)22-25-9-5-2-6-10-25/h1-10,24H,11-22H2,(H,27,31). The molecular weight excluding hydrogens is 384 g/mol. The Morgan fingerprint density at radius 3 is 2.03 bits per heavy atom. The monoisotopic (exact) mass is 420 g/mol. The summed E-state index contributed by atoms with van der Waals surface area (Å²) in [6.45, 7) is 8.76. The molecule has 0 spiro atoms. The summed E-state index contributed by atoms with van der Waals surface area (Å²) in [7, 11) is 0. The molecule has 2 aromatic carbocycles. The highest BCUT2D eigenvalue weighted by Gasteiger charge is 2.23. The van der Waals surface area contributed by atoms with Gasteiger partial charge in [-0.05, 0) is 49.4 Å². The molecule has 0 bridgehead atoms. The number of benzene rings is 2. The molecule has 2 heterocycles. The Morgan fingerprint density at radius 2 is 1.39 bits per heavy atom. The van der Waals surface area contributed by atoms with Gasteiger partial charge in [-0.25, -0.2) is 4.79 Å². The number of carbonyl (C=O) groups is 1. The maximum Gasteiger partial charge on any atom is 0.317 e. The minimum atomic E-state index is 0.120. The van der Waals surface area contributed by atoms with Gasteiger partial charge >= 0.3 is 6.03 Å². The van der Waals surface area contributed by atoms with Crippen molar-refractivity contribution in [3.05, 3.63) is 71.8 Å². The first-order valence-electron chi connectivity index (χ1n) is 11.8. The van der Waals surface area contributed by atoms with E-state index < -0.39 is 0 Å². The molecule has 0 aliphatic carbocycles. The van der Waals surface area contributed by atoms with Crippen molar-refractivity contribution in [1.82, 2.24) is 20.0 Å². The molecule has 2 amide bonds. The molecule has 2 saturated heterocycles. The van der Waals surface area contributed by atoms with Crippen LogP contribution in [0, 0.1) is 5.92 Å². The molecular formula is C26H36N4O. The summed E-state index contributed by atoms with van der Waals surface area (Å²) in [6.07, 6.45) is 3.41. The first-order chi connectivity index (χ1) is 15.3. The highest BCUT2D eigenvalue weighted by atomic mass is 16.2. The highest BCUT2D eigenvalue weighted by Crippen LogP contribution is 2.18. The van der Waals surface area contributed by atoms with Gasteiger partial charge in [0.05, 0.1) is 0 Å². The lowest BCUT2D eigenvalue weighted by atomic mass is 9.96. The number of carbonyl (C=O) groups excluding carboxylic acids is 1. The quantitative estimate of drug-likeness (QED) is 0.746. The zero-order valence-corrected chi connectivity index (χ0v) is 18.6. The van der Waals surface area contributed by atoms with Crippen molar-refractivity contribution in [3.8, 4) is 0 Å². The molecule has 1 N–H and O–H groups in total. The fourth-order valence-corrected chi connectivity index (χ4v) is 4.64. The van der Waals surface area contributed by atoms with E-state index in [9.17, 15) is 4.79 Å². The Hall–Kier alpha value is -2.37. The number of hydrogen-bond acceptors (Lipinski definition) is 3. The lowest BCUT2D eigenvalue weighted by Crippen LogP contribution is -2.52. The van der Waals surface area contributed by atoms with Crippen molar-refractivity contribution in [2.45, 2.75) is 25.8 Å². The molecule has 0 radical (unpaired) electrons. The lowest BCUT2D eigenvalue weighted by molar-refractivity contribution is 0.135. The number of amides is 2. The minimum Gasteiger partial charge on any atom is -0.338 e. The Kier molecular flexibility index (Phi) is 7.97. The number of nitrogens with zero attached hydrogens (tertiary/aromatic N) is 3. The predicted octanol–water partition coefficient (Wildman–Crippen LogP) is 3.47. The number of hydrogen-bond donors (Lipinski definition) is 1. The van der Waals surface area contributed by atoms with Gasteiger partial charge in [-0.2, -0.15) is 0 Å². The van der Waals surface area contributed by atoms with Gasteiger partial charge < -0.3 is 10.2 Å². The molecule has 0 unspecified atom stereocenters. The van der Waals surface area contributed by atoms with Gasteiger partial charge in [0.1, 0.15) is 0 Å². The lowest BCUT2D eigenvalue weighted by Gasteiger charge is -2.36. The Balaban J connectivity index is 1.10. The van der Waals surface area contributed by atoms with Crippen molar-refractivity contribution in [3.63, 3.8) is 0 Å². The molecule has 0 saturated carbocycles. The number of piperazine rings is 1. The fraction of sp³-hybridized carbons (Fsp3) is 0.500. The van der Waals surface area contributed by atoms with E-state index in [4.69, 9.17) is 0 Å². The van der Waals surface area contributed by atoms with E-state index >= 15 is 0 Å². The number of likely N-dealkylation sites (tertiary alicyclic amines) is 1. The normalized spacial score (nSPS) is 18.8. The maximum atomic E-state index is 12.6. The van der Waals surface area contributed by atoms with Crippen LogP contribution in [0.2, 0.25) is 0 Å². The van der Waals surface area contributed by atoms with Crippen molar-refractivity contribution < 1.29 is 4.79 Å². The van der Waals surface area contributed by atoms with Gasteiger partial charge in [0.25, 0.3) is 0 Å². The molecule has 2 fully saturated rings. The first-order valence-corrected chi connectivity index (χ1v) is 11.8. The fourth-order valence-electron chi connectivity index (χ4n) is 4.64. The first kappa shape index (κ1) is 21.8. The smallest absolute Gasteiger partial charge is 0.317 e. The van der Waals surface area contributed by atoms with E-state index in [-0.39, 0.29) is 6.03 Å². The summed E-state index contributed by atoms with van der Waals surface area (Å²) < 4.78 is 0. The van der Waals surface area contributed by atoms with Crippen molar-refractivity contribution in [2.24, 2.45) is 5.92 Å². The van der Waals surface area contributed by atoms with Crippen LogP contribution >= 0.6 is 0 Å². The average Bonchev–Trinajstić information content (AvgIpc) is 2.84. The number of nitrogens with one attached hydrogen (secondary N) is 1. The van der Waals surface area contributed by atoms with Crippen LogP contribution in [0.4, 0.5) is 4.79 Å². The van der Waals surface area contributed by atoms with Crippen LogP contribution < -0.4 is 5.32 Å². The van der Waals surface area contributed by atoms with Crippen LogP contribution in [-0.4, -0.2) is 73.1 Å². The molecule has 2 aliphatic heterocycles. The maximum absolute atomic E-state index is 12.6. The molecule has 2 aliphatic rings. The second-order valence-electron chi connectivity index (χ2n) is 8.96. The van der Waals surface area contributed by atoms with Crippen LogP contribution in [0.5, 0.6) is 0 Å². The second-order valence-corrected chi connectivity index (χ2v) is 8.96. The van der Waals surface area contributed by atoms with Crippen LogP contribution in [-0.2, 0) is 13.0 Å². The average molecular weight is 421 g/mol. The third-order valence-corrected chi connectivity index (χ3v) is 6.72. The van der Waals surface area contributed by atoms with Gasteiger partial charge in [0.2, 0.25) is 0 Å². The van der Waals surface area contributed by atoms with Gasteiger partial charge in [0, 0.05) is 45.8 Å². The minimum absolute atomic E-state index is 0.120. The molecule has 166 valence electrons. The molecule has 2 aromatic rings. The summed E-state index contributed by atoms with van der Waals surface area (Å²) >= 11 is 0. The summed E-state index contributed by atoms with van der Waals surface area (Å²) in [5.74, 6) is 0.600. The Labute approximate surface area is 187 Å². The van der Waals surface area contributed by atoms with E-state index in [1.165, 1.54) is 24.0 Å². The summed E-state index contributed by atoms with van der Waals surface area (Å²) in [5.41, 5.74) is 2.77. The summed E-state index contributed by atoms with van der Waals surface area (Å²) in [5, 5.41) is 3.21. The van der Waals surface area contributed by atoms with Crippen molar-refractivity contribution in [2.75, 3.05) is 52.4 Å².